The van der Waals surface area contributed by atoms with Crippen LogP contribution >= 0.6 is 0 Å². The Balaban J connectivity index is 2.97. The zero-order valence-corrected chi connectivity index (χ0v) is 9.53. The topological polar surface area (TPSA) is 54.4 Å². The first-order chi connectivity index (χ1) is 7.04. The molecular formula is C11H14O3S. The van der Waals surface area contributed by atoms with Gasteiger partial charge in [0.1, 0.15) is 5.25 Å². The van der Waals surface area contributed by atoms with E-state index in [0.29, 0.717) is 4.90 Å². The van der Waals surface area contributed by atoms with Crippen molar-refractivity contribution >= 4 is 16.8 Å². The van der Waals surface area contributed by atoms with Gasteiger partial charge in [0, 0.05) is 4.90 Å². The predicted octanol–water partition coefficient (Wildman–Crippen LogP) is 1.90. The van der Waals surface area contributed by atoms with Crippen molar-refractivity contribution in [2.45, 2.75) is 24.0 Å². The van der Waals surface area contributed by atoms with Gasteiger partial charge in [-0.1, -0.05) is 32.0 Å². The van der Waals surface area contributed by atoms with Crippen LogP contribution in [0.1, 0.15) is 13.8 Å². The number of carboxylic acids is 1. The Morgan fingerprint density at radius 2 is 1.80 bits per heavy atom. The molecule has 1 aromatic rings. The molecule has 0 fully saturated rings. The van der Waals surface area contributed by atoms with E-state index < -0.39 is 22.0 Å². The van der Waals surface area contributed by atoms with Crippen LogP contribution < -0.4 is 0 Å². The summed E-state index contributed by atoms with van der Waals surface area (Å²) in [4.78, 5) is 11.5. The third-order valence-electron chi connectivity index (χ3n) is 2.06. The van der Waals surface area contributed by atoms with Gasteiger partial charge in [0.05, 0.1) is 10.8 Å². The van der Waals surface area contributed by atoms with Gasteiger partial charge in [-0.2, -0.15) is 0 Å². The molecule has 0 spiro atoms. The Morgan fingerprint density at radius 1 is 1.27 bits per heavy atom. The first-order valence-corrected chi connectivity index (χ1v) is 5.93. The summed E-state index contributed by atoms with van der Waals surface area (Å²) in [6.45, 7) is 3.53. The molecule has 0 radical (unpaired) electrons. The molecule has 1 rings (SSSR count). The SMILES string of the molecule is CC(C)C(C(=O)O)S(=O)c1ccccc1. The third-order valence-corrected chi connectivity index (χ3v) is 4.00. The Hall–Kier alpha value is -1.16. The second-order valence-electron chi connectivity index (χ2n) is 3.61. The number of benzene rings is 1. The van der Waals surface area contributed by atoms with Crippen LogP contribution in [0.2, 0.25) is 0 Å². The van der Waals surface area contributed by atoms with Crippen molar-refractivity contribution in [3.05, 3.63) is 30.3 Å². The lowest BCUT2D eigenvalue weighted by Crippen LogP contribution is -2.30. The Labute approximate surface area is 91.6 Å². The molecule has 0 saturated carbocycles. The van der Waals surface area contributed by atoms with Crippen molar-refractivity contribution in [1.82, 2.24) is 0 Å². The van der Waals surface area contributed by atoms with Crippen LogP contribution in [-0.2, 0) is 15.6 Å². The summed E-state index contributed by atoms with van der Waals surface area (Å²) in [5.41, 5.74) is 0. The number of hydrogen-bond donors (Lipinski definition) is 1. The summed E-state index contributed by atoms with van der Waals surface area (Å²) < 4.78 is 12.0. The van der Waals surface area contributed by atoms with Crippen molar-refractivity contribution < 1.29 is 14.1 Å². The number of carboxylic acid groups (broad SMARTS) is 1. The lowest BCUT2D eigenvalue weighted by Gasteiger charge is -2.15. The van der Waals surface area contributed by atoms with Gasteiger partial charge in [0.15, 0.2) is 0 Å². The van der Waals surface area contributed by atoms with Crippen LogP contribution in [0.25, 0.3) is 0 Å². The summed E-state index contributed by atoms with van der Waals surface area (Å²) in [6, 6.07) is 8.70. The molecule has 1 N–H and O–H groups in total. The Kier molecular flexibility index (Phi) is 4.03. The van der Waals surface area contributed by atoms with E-state index in [1.807, 2.05) is 6.07 Å². The van der Waals surface area contributed by atoms with E-state index in [2.05, 4.69) is 0 Å². The molecule has 0 aliphatic heterocycles. The molecule has 0 aliphatic rings. The minimum atomic E-state index is -1.48. The number of hydrogen-bond acceptors (Lipinski definition) is 2. The molecule has 2 unspecified atom stereocenters. The van der Waals surface area contributed by atoms with Crippen LogP contribution in [0.15, 0.2) is 35.2 Å². The van der Waals surface area contributed by atoms with E-state index in [1.165, 1.54) is 0 Å². The van der Waals surface area contributed by atoms with Crippen LogP contribution in [-0.4, -0.2) is 20.5 Å². The fourth-order valence-corrected chi connectivity index (χ4v) is 2.72. The summed E-state index contributed by atoms with van der Waals surface area (Å²) in [7, 11) is -1.48. The molecule has 0 bridgehead atoms. The number of aliphatic carboxylic acids is 1. The lowest BCUT2D eigenvalue weighted by molar-refractivity contribution is -0.137. The van der Waals surface area contributed by atoms with E-state index in [1.54, 1.807) is 38.1 Å². The smallest absolute Gasteiger partial charge is 0.319 e. The first-order valence-electron chi connectivity index (χ1n) is 4.72. The van der Waals surface area contributed by atoms with Gasteiger partial charge in [-0.25, -0.2) is 0 Å². The molecule has 82 valence electrons. The molecule has 1 aromatic carbocycles. The van der Waals surface area contributed by atoms with Crippen LogP contribution in [0.4, 0.5) is 0 Å². The fraction of sp³-hybridized carbons (Fsp3) is 0.364. The zero-order chi connectivity index (χ0) is 11.4. The minimum absolute atomic E-state index is 0.150. The molecule has 0 aliphatic carbocycles. The summed E-state index contributed by atoms with van der Waals surface area (Å²) in [6.07, 6.45) is 0. The first kappa shape index (κ1) is 11.9. The van der Waals surface area contributed by atoms with Gasteiger partial charge in [-0.05, 0) is 18.1 Å². The zero-order valence-electron chi connectivity index (χ0n) is 8.71. The van der Waals surface area contributed by atoms with Crippen molar-refractivity contribution in [1.29, 1.82) is 0 Å². The molecule has 4 heteroatoms. The fourth-order valence-electron chi connectivity index (χ4n) is 1.33. The van der Waals surface area contributed by atoms with Gasteiger partial charge < -0.3 is 5.11 Å². The summed E-state index contributed by atoms with van der Waals surface area (Å²) in [5.74, 6) is -1.16. The van der Waals surface area contributed by atoms with E-state index in [-0.39, 0.29) is 5.92 Å². The van der Waals surface area contributed by atoms with Crippen LogP contribution in [0.3, 0.4) is 0 Å². The largest absolute Gasteiger partial charge is 0.480 e. The van der Waals surface area contributed by atoms with E-state index >= 15 is 0 Å². The molecule has 2 atom stereocenters. The van der Waals surface area contributed by atoms with Gasteiger partial charge in [-0.3, -0.25) is 9.00 Å². The molecule has 0 heterocycles. The van der Waals surface area contributed by atoms with Crippen LogP contribution in [0, 0.1) is 5.92 Å². The highest BCUT2D eigenvalue weighted by Crippen LogP contribution is 2.17. The molecule has 3 nitrogen and oxygen atoms in total. The van der Waals surface area contributed by atoms with Gasteiger partial charge in [0.2, 0.25) is 0 Å². The van der Waals surface area contributed by atoms with E-state index in [9.17, 15) is 9.00 Å². The Bertz CT molecular complexity index is 359. The van der Waals surface area contributed by atoms with Gasteiger partial charge in [-0.15, -0.1) is 0 Å². The third kappa shape index (κ3) is 2.89. The van der Waals surface area contributed by atoms with Crippen molar-refractivity contribution in [3.8, 4) is 0 Å². The van der Waals surface area contributed by atoms with E-state index in [4.69, 9.17) is 5.11 Å². The summed E-state index contributed by atoms with van der Waals surface area (Å²) >= 11 is 0. The minimum Gasteiger partial charge on any atom is -0.480 e. The van der Waals surface area contributed by atoms with Crippen molar-refractivity contribution in [2.75, 3.05) is 0 Å². The van der Waals surface area contributed by atoms with E-state index in [0.717, 1.165) is 0 Å². The van der Waals surface area contributed by atoms with Crippen molar-refractivity contribution in [3.63, 3.8) is 0 Å². The normalized spacial score (nSPS) is 14.9. The summed E-state index contributed by atoms with van der Waals surface area (Å²) in [5, 5.41) is 8.14. The second kappa shape index (κ2) is 5.07. The molecule has 0 saturated heterocycles. The molecule has 0 amide bonds. The molecule has 0 aromatic heterocycles. The molecular weight excluding hydrogens is 212 g/mol. The molecule has 15 heavy (non-hydrogen) atoms. The second-order valence-corrected chi connectivity index (χ2v) is 5.19. The van der Waals surface area contributed by atoms with Crippen LogP contribution in [0.5, 0.6) is 0 Å². The maximum atomic E-state index is 12.0. The predicted molar refractivity (Wildman–Crippen MR) is 59.1 cm³/mol. The lowest BCUT2D eigenvalue weighted by atomic mass is 10.1. The number of rotatable bonds is 4. The average molecular weight is 226 g/mol. The maximum absolute atomic E-state index is 12.0. The quantitative estimate of drug-likeness (QED) is 0.853. The van der Waals surface area contributed by atoms with Crippen molar-refractivity contribution in [2.24, 2.45) is 5.92 Å². The van der Waals surface area contributed by atoms with Gasteiger partial charge in [0.25, 0.3) is 0 Å². The maximum Gasteiger partial charge on any atom is 0.319 e. The number of carbonyl (C=O) groups is 1. The Morgan fingerprint density at radius 3 is 2.20 bits per heavy atom. The average Bonchev–Trinajstić information content (AvgIpc) is 2.18. The highest BCUT2D eigenvalue weighted by Gasteiger charge is 2.28. The standard InChI is InChI=1S/C11H14O3S/c1-8(2)10(11(12)13)15(14)9-6-4-3-5-7-9/h3-8,10H,1-2H3,(H,12,13). The highest BCUT2D eigenvalue weighted by atomic mass is 32.2. The highest BCUT2D eigenvalue weighted by molar-refractivity contribution is 7.86. The monoisotopic (exact) mass is 226 g/mol. The van der Waals surface area contributed by atoms with Gasteiger partial charge >= 0.3 is 5.97 Å².